The summed E-state index contributed by atoms with van der Waals surface area (Å²) in [6.07, 6.45) is 1.82. The van der Waals surface area contributed by atoms with Gasteiger partial charge in [0, 0.05) is 11.8 Å². The summed E-state index contributed by atoms with van der Waals surface area (Å²) in [7, 11) is 0. The number of aliphatic imine (C=N–C) groups is 1. The number of pyridine rings is 1. The second-order valence-electron chi connectivity index (χ2n) is 5.57. The van der Waals surface area contributed by atoms with Gasteiger partial charge in [-0.25, -0.2) is 4.98 Å². The van der Waals surface area contributed by atoms with Crippen LogP contribution >= 0.6 is 0 Å². The Morgan fingerprint density at radius 1 is 1.21 bits per heavy atom. The van der Waals surface area contributed by atoms with E-state index >= 15 is 0 Å². The average Bonchev–Trinajstić information content (AvgIpc) is 2.92. The summed E-state index contributed by atoms with van der Waals surface area (Å²) in [5, 5.41) is 12.1. The minimum Gasteiger partial charge on any atom is -0.323 e. The van der Waals surface area contributed by atoms with E-state index in [0.29, 0.717) is 28.6 Å². The van der Waals surface area contributed by atoms with Gasteiger partial charge >= 0.3 is 0 Å². The molecule has 3 heterocycles. The van der Waals surface area contributed by atoms with Crippen molar-refractivity contribution >= 4 is 23.1 Å². The maximum Gasteiger partial charge on any atom is 0.207 e. The molecule has 3 aromatic rings. The molecule has 0 fully saturated rings. The number of rotatable bonds is 1. The molecule has 2 aromatic heterocycles. The van der Waals surface area contributed by atoms with E-state index < -0.39 is 6.04 Å². The van der Waals surface area contributed by atoms with Crippen LogP contribution in [0.25, 0.3) is 5.65 Å². The maximum atomic E-state index is 12.7. The third kappa shape index (κ3) is 2.15. The van der Waals surface area contributed by atoms with Crippen molar-refractivity contribution in [2.24, 2.45) is 4.99 Å². The van der Waals surface area contributed by atoms with Crippen LogP contribution in [-0.4, -0.2) is 27.0 Å². The minimum atomic E-state index is -0.524. The van der Waals surface area contributed by atoms with Gasteiger partial charge in [-0.3, -0.25) is 14.2 Å². The second kappa shape index (κ2) is 5.32. The molecule has 0 saturated carbocycles. The van der Waals surface area contributed by atoms with Gasteiger partial charge in [0.2, 0.25) is 5.78 Å². The van der Waals surface area contributed by atoms with Crippen molar-refractivity contribution < 1.29 is 4.79 Å². The smallest absolute Gasteiger partial charge is 0.207 e. The van der Waals surface area contributed by atoms with E-state index in [0.717, 1.165) is 5.56 Å². The van der Waals surface area contributed by atoms with Gasteiger partial charge in [0.15, 0.2) is 5.82 Å². The highest BCUT2D eigenvalue weighted by Gasteiger charge is 2.28. The molecule has 24 heavy (non-hydrogen) atoms. The second-order valence-corrected chi connectivity index (χ2v) is 5.57. The fourth-order valence-electron chi connectivity index (χ4n) is 2.76. The molecule has 0 spiro atoms. The SMILES string of the molecule is C[C@@H]1N=C(c2ccc(C#N)cc2)Nc2nc3ccccn3c2C1=O. The molecule has 1 aliphatic heterocycles. The Morgan fingerprint density at radius 3 is 2.75 bits per heavy atom. The minimum absolute atomic E-state index is 0.0835. The molecule has 0 aliphatic carbocycles. The Labute approximate surface area is 138 Å². The summed E-state index contributed by atoms with van der Waals surface area (Å²) in [5.74, 6) is 0.987. The highest BCUT2D eigenvalue weighted by molar-refractivity contribution is 6.15. The number of nitriles is 1. The van der Waals surface area contributed by atoms with Crippen LogP contribution in [0.2, 0.25) is 0 Å². The van der Waals surface area contributed by atoms with Crippen LogP contribution in [-0.2, 0) is 0 Å². The van der Waals surface area contributed by atoms with Crippen molar-refractivity contribution in [1.29, 1.82) is 5.26 Å². The summed E-state index contributed by atoms with van der Waals surface area (Å²) in [6.45, 7) is 1.77. The maximum absolute atomic E-state index is 12.7. The van der Waals surface area contributed by atoms with Crippen LogP contribution in [0.3, 0.4) is 0 Å². The molecule has 0 saturated heterocycles. The number of ketones is 1. The van der Waals surface area contributed by atoms with Gasteiger partial charge in [-0.1, -0.05) is 6.07 Å². The first-order valence-corrected chi connectivity index (χ1v) is 7.54. The van der Waals surface area contributed by atoms with Crippen molar-refractivity contribution in [2.75, 3.05) is 5.32 Å². The number of aromatic nitrogens is 2. The number of anilines is 1. The largest absolute Gasteiger partial charge is 0.323 e. The van der Waals surface area contributed by atoms with E-state index in [1.165, 1.54) is 0 Å². The number of benzene rings is 1. The lowest BCUT2D eigenvalue weighted by molar-refractivity contribution is 0.0965. The number of carbonyl (C=O) groups excluding carboxylic acids is 1. The Bertz CT molecular complexity index is 1020. The molecule has 1 aliphatic rings. The van der Waals surface area contributed by atoms with Gasteiger partial charge in [-0.15, -0.1) is 0 Å². The van der Waals surface area contributed by atoms with Crippen LogP contribution in [0, 0.1) is 11.3 Å². The quantitative estimate of drug-likeness (QED) is 0.748. The van der Waals surface area contributed by atoms with Gasteiger partial charge in [0.05, 0.1) is 11.6 Å². The molecule has 6 heteroatoms. The first-order chi connectivity index (χ1) is 11.7. The zero-order chi connectivity index (χ0) is 16.7. The zero-order valence-electron chi connectivity index (χ0n) is 12.9. The molecular formula is C18H13N5O. The number of carbonyl (C=O) groups is 1. The average molecular weight is 315 g/mol. The van der Waals surface area contributed by atoms with Gasteiger partial charge < -0.3 is 5.32 Å². The van der Waals surface area contributed by atoms with Crippen LogP contribution in [0.4, 0.5) is 5.82 Å². The first-order valence-electron chi connectivity index (χ1n) is 7.54. The molecule has 1 aromatic carbocycles. The number of amidine groups is 1. The molecule has 1 N–H and O–H groups in total. The molecule has 1 atom stereocenters. The summed E-state index contributed by atoms with van der Waals surface area (Å²) in [6, 6.07) is 14.2. The number of imidazole rings is 1. The Hall–Kier alpha value is -3.46. The third-order valence-electron chi connectivity index (χ3n) is 3.99. The van der Waals surface area contributed by atoms with Crippen molar-refractivity contribution in [1.82, 2.24) is 9.38 Å². The van der Waals surface area contributed by atoms with E-state index in [2.05, 4.69) is 21.4 Å². The lowest BCUT2D eigenvalue weighted by atomic mass is 10.1. The number of hydrogen-bond donors (Lipinski definition) is 1. The molecule has 6 nitrogen and oxygen atoms in total. The number of nitrogens with one attached hydrogen (secondary N) is 1. The van der Waals surface area contributed by atoms with Crippen molar-refractivity contribution in [2.45, 2.75) is 13.0 Å². The molecule has 0 radical (unpaired) electrons. The molecule has 4 rings (SSSR count). The van der Waals surface area contributed by atoms with E-state index in [1.807, 2.05) is 36.5 Å². The van der Waals surface area contributed by atoms with Crippen molar-refractivity contribution in [3.8, 4) is 6.07 Å². The lowest BCUT2D eigenvalue weighted by Crippen LogP contribution is -2.17. The summed E-state index contributed by atoms with van der Waals surface area (Å²) in [5.41, 5.74) is 2.59. The highest BCUT2D eigenvalue weighted by atomic mass is 16.1. The number of nitrogens with zero attached hydrogens (tertiary/aromatic N) is 4. The molecule has 0 amide bonds. The first kappa shape index (κ1) is 14.2. The van der Waals surface area contributed by atoms with Gasteiger partial charge in [0.1, 0.15) is 23.2 Å². The van der Waals surface area contributed by atoms with Crippen LogP contribution in [0.1, 0.15) is 28.5 Å². The fourth-order valence-corrected chi connectivity index (χ4v) is 2.76. The topological polar surface area (TPSA) is 82.6 Å². The molecule has 0 unspecified atom stereocenters. The van der Waals surface area contributed by atoms with Gasteiger partial charge in [0.25, 0.3) is 0 Å². The Morgan fingerprint density at radius 2 is 2.00 bits per heavy atom. The lowest BCUT2D eigenvalue weighted by Gasteiger charge is -2.07. The summed E-state index contributed by atoms with van der Waals surface area (Å²) >= 11 is 0. The molecule has 0 bridgehead atoms. The normalized spacial score (nSPS) is 16.8. The third-order valence-corrected chi connectivity index (χ3v) is 3.99. The van der Waals surface area contributed by atoms with Gasteiger partial charge in [-0.2, -0.15) is 5.26 Å². The zero-order valence-corrected chi connectivity index (χ0v) is 12.9. The van der Waals surface area contributed by atoms with Crippen molar-refractivity contribution in [3.63, 3.8) is 0 Å². The van der Waals surface area contributed by atoms with Crippen LogP contribution in [0.15, 0.2) is 53.7 Å². The number of Topliss-reactive ketones (excluding diaryl/α,β-unsaturated/α-hetero) is 1. The Balaban J connectivity index is 1.85. The number of fused-ring (bicyclic) bond motifs is 3. The standard InChI is InChI=1S/C18H13N5O/c1-11-16(24)15-18(21-14-4-2-3-9-23(14)15)22-17(20-11)13-7-5-12(10-19)6-8-13/h2-9,11H,1H3,(H,20,22)/t11-/m0/s1. The molecule has 116 valence electrons. The summed E-state index contributed by atoms with van der Waals surface area (Å²) in [4.78, 5) is 21.7. The van der Waals surface area contributed by atoms with E-state index in [-0.39, 0.29) is 5.78 Å². The van der Waals surface area contributed by atoms with Crippen LogP contribution in [0.5, 0.6) is 0 Å². The fraction of sp³-hybridized carbons (Fsp3) is 0.111. The van der Waals surface area contributed by atoms with E-state index in [9.17, 15) is 4.79 Å². The Kier molecular flexibility index (Phi) is 3.14. The highest BCUT2D eigenvalue weighted by Crippen LogP contribution is 2.24. The predicted molar refractivity (Wildman–Crippen MR) is 90.3 cm³/mol. The summed E-state index contributed by atoms with van der Waals surface area (Å²) < 4.78 is 1.78. The predicted octanol–water partition coefficient (Wildman–Crippen LogP) is 2.65. The van der Waals surface area contributed by atoms with E-state index in [4.69, 9.17) is 5.26 Å². The van der Waals surface area contributed by atoms with Crippen LogP contribution < -0.4 is 5.32 Å². The van der Waals surface area contributed by atoms with Crippen molar-refractivity contribution in [3.05, 3.63) is 65.5 Å². The van der Waals surface area contributed by atoms with Gasteiger partial charge in [-0.05, 0) is 43.3 Å². The number of hydrogen-bond acceptors (Lipinski definition) is 5. The molecular weight excluding hydrogens is 302 g/mol. The van der Waals surface area contributed by atoms with E-state index in [1.54, 1.807) is 23.5 Å². The monoisotopic (exact) mass is 315 g/mol.